The van der Waals surface area contributed by atoms with Gasteiger partial charge in [-0.3, -0.25) is 4.79 Å². The molecule has 6 heteroatoms. The highest BCUT2D eigenvalue weighted by Crippen LogP contribution is 2.40. The summed E-state index contributed by atoms with van der Waals surface area (Å²) in [5.74, 6) is 0.110. The molecule has 0 spiro atoms. The van der Waals surface area contributed by atoms with Gasteiger partial charge in [0.05, 0.1) is 5.56 Å². The van der Waals surface area contributed by atoms with Crippen molar-refractivity contribution in [2.45, 2.75) is 31.7 Å². The SMILES string of the molecule is O=C1c2ccccc2NC(c2ccc(OC(F)F)cc2)N1C1CC1. The molecule has 2 aromatic carbocycles. The van der Waals surface area contributed by atoms with Gasteiger partial charge in [-0.1, -0.05) is 24.3 Å². The fraction of sp³-hybridized carbons (Fsp3) is 0.278. The Morgan fingerprint density at radius 3 is 2.46 bits per heavy atom. The van der Waals surface area contributed by atoms with Crippen LogP contribution in [0.1, 0.15) is 34.9 Å². The Kier molecular flexibility index (Phi) is 3.59. The van der Waals surface area contributed by atoms with E-state index in [-0.39, 0.29) is 23.9 Å². The Bertz CT molecular complexity index is 760. The summed E-state index contributed by atoms with van der Waals surface area (Å²) in [4.78, 5) is 14.7. The first-order valence-electron chi connectivity index (χ1n) is 7.86. The lowest BCUT2D eigenvalue weighted by molar-refractivity contribution is -0.0498. The van der Waals surface area contributed by atoms with Crippen LogP contribution in [0.25, 0.3) is 0 Å². The molecule has 1 amide bonds. The number of carbonyl (C=O) groups excluding carboxylic acids is 1. The molecule has 1 aliphatic carbocycles. The molecule has 2 aliphatic rings. The maximum atomic E-state index is 12.9. The van der Waals surface area contributed by atoms with E-state index in [2.05, 4.69) is 10.1 Å². The van der Waals surface area contributed by atoms with Crippen LogP contribution in [0.5, 0.6) is 5.75 Å². The zero-order chi connectivity index (χ0) is 16.7. The Labute approximate surface area is 138 Å². The minimum Gasteiger partial charge on any atom is -0.435 e. The topological polar surface area (TPSA) is 41.6 Å². The van der Waals surface area contributed by atoms with Crippen molar-refractivity contribution < 1.29 is 18.3 Å². The summed E-state index contributed by atoms with van der Waals surface area (Å²) < 4.78 is 28.9. The lowest BCUT2D eigenvalue weighted by Gasteiger charge is -2.38. The maximum absolute atomic E-state index is 12.9. The number of nitrogens with one attached hydrogen (secondary N) is 1. The van der Waals surface area contributed by atoms with Crippen LogP contribution in [0, 0.1) is 0 Å². The van der Waals surface area contributed by atoms with E-state index in [1.807, 2.05) is 29.2 Å². The van der Waals surface area contributed by atoms with Crippen LogP contribution < -0.4 is 10.1 Å². The molecule has 1 unspecified atom stereocenters. The van der Waals surface area contributed by atoms with Crippen LogP contribution in [-0.4, -0.2) is 23.5 Å². The molecule has 1 saturated carbocycles. The molecule has 4 nitrogen and oxygen atoms in total. The summed E-state index contributed by atoms with van der Waals surface area (Å²) >= 11 is 0. The van der Waals surface area contributed by atoms with E-state index in [1.54, 1.807) is 12.1 Å². The number of para-hydroxylation sites is 1. The van der Waals surface area contributed by atoms with Crippen LogP contribution >= 0.6 is 0 Å². The molecule has 0 bridgehead atoms. The molecule has 0 radical (unpaired) electrons. The van der Waals surface area contributed by atoms with E-state index in [4.69, 9.17) is 0 Å². The van der Waals surface area contributed by atoms with Gasteiger partial charge < -0.3 is 15.0 Å². The zero-order valence-electron chi connectivity index (χ0n) is 12.8. The van der Waals surface area contributed by atoms with E-state index in [1.165, 1.54) is 12.1 Å². The fourth-order valence-electron chi connectivity index (χ4n) is 3.07. The predicted molar refractivity (Wildman–Crippen MR) is 85.1 cm³/mol. The highest BCUT2D eigenvalue weighted by atomic mass is 19.3. The van der Waals surface area contributed by atoms with Crippen molar-refractivity contribution in [2.24, 2.45) is 0 Å². The number of hydrogen-bond donors (Lipinski definition) is 1. The number of alkyl halides is 2. The van der Waals surface area contributed by atoms with Gasteiger partial charge >= 0.3 is 6.61 Å². The number of fused-ring (bicyclic) bond motifs is 1. The molecule has 2 aromatic rings. The minimum atomic E-state index is -2.85. The second-order valence-corrected chi connectivity index (χ2v) is 5.98. The molecule has 0 saturated heterocycles. The molecule has 0 aromatic heterocycles. The van der Waals surface area contributed by atoms with E-state index >= 15 is 0 Å². The van der Waals surface area contributed by atoms with Crippen molar-refractivity contribution in [3.63, 3.8) is 0 Å². The van der Waals surface area contributed by atoms with Crippen molar-refractivity contribution in [1.82, 2.24) is 4.90 Å². The monoisotopic (exact) mass is 330 g/mol. The van der Waals surface area contributed by atoms with Crippen LogP contribution in [0.15, 0.2) is 48.5 Å². The van der Waals surface area contributed by atoms with Crippen LogP contribution in [0.4, 0.5) is 14.5 Å². The largest absolute Gasteiger partial charge is 0.435 e. The van der Waals surface area contributed by atoms with Crippen LogP contribution in [0.2, 0.25) is 0 Å². The summed E-state index contributed by atoms with van der Waals surface area (Å²) in [6.45, 7) is -2.85. The van der Waals surface area contributed by atoms with E-state index in [0.29, 0.717) is 5.56 Å². The molecule has 1 atom stereocenters. The second-order valence-electron chi connectivity index (χ2n) is 5.98. The third-order valence-electron chi connectivity index (χ3n) is 4.32. The van der Waals surface area contributed by atoms with E-state index < -0.39 is 6.61 Å². The first-order valence-corrected chi connectivity index (χ1v) is 7.86. The Morgan fingerprint density at radius 1 is 1.08 bits per heavy atom. The number of hydrogen-bond acceptors (Lipinski definition) is 3. The van der Waals surface area contributed by atoms with Crippen molar-refractivity contribution in [1.29, 1.82) is 0 Å². The third-order valence-corrected chi connectivity index (χ3v) is 4.32. The summed E-state index contributed by atoms with van der Waals surface area (Å²) in [7, 11) is 0. The van der Waals surface area contributed by atoms with Gasteiger partial charge in [0, 0.05) is 11.7 Å². The lowest BCUT2D eigenvalue weighted by Crippen LogP contribution is -2.44. The van der Waals surface area contributed by atoms with Crippen molar-refractivity contribution in [3.8, 4) is 5.75 Å². The Morgan fingerprint density at radius 2 is 1.79 bits per heavy atom. The Hall–Kier alpha value is -2.63. The molecule has 1 N–H and O–H groups in total. The minimum absolute atomic E-state index is 0.00440. The van der Waals surface area contributed by atoms with Gasteiger partial charge in [0.2, 0.25) is 0 Å². The number of ether oxygens (including phenoxy) is 1. The van der Waals surface area contributed by atoms with Crippen molar-refractivity contribution in [2.75, 3.05) is 5.32 Å². The number of benzene rings is 2. The Balaban J connectivity index is 1.67. The van der Waals surface area contributed by atoms with Crippen LogP contribution in [0.3, 0.4) is 0 Å². The molecule has 1 aliphatic heterocycles. The summed E-state index contributed by atoms with van der Waals surface area (Å²) in [5, 5.41) is 3.39. The van der Waals surface area contributed by atoms with Crippen molar-refractivity contribution >= 4 is 11.6 Å². The van der Waals surface area contributed by atoms with Gasteiger partial charge in [-0.25, -0.2) is 0 Å². The normalized spacial score (nSPS) is 19.9. The van der Waals surface area contributed by atoms with Gasteiger partial charge in [0.25, 0.3) is 5.91 Å². The molecule has 24 heavy (non-hydrogen) atoms. The van der Waals surface area contributed by atoms with Gasteiger partial charge in [-0.2, -0.15) is 8.78 Å². The summed E-state index contributed by atoms with van der Waals surface area (Å²) in [6, 6.07) is 14.1. The molecule has 4 rings (SSSR count). The average Bonchev–Trinajstić information content (AvgIpc) is 3.40. The zero-order valence-corrected chi connectivity index (χ0v) is 12.8. The van der Waals surface area contributed by atoms with Gasteiger partial charge in [0.15, 0.2) is 0 Å². The number of nitrogens with zero attached hydrogens (tertiary/aromatic N) is 1. The summed E-state index contributed by atoms with van der Waals surface area (Å²) in [5.41, 5.74) is 2.29. The van der Waals surface area contributed by atoms with Gasteiger partial charge in [-0.05, 0) is 42.7 Å². The average molecular weight is 330 g/mol. The highest BCUT2D eigenvalue weighted by Gasteiger charge is 2.41. The second kappa shape index (κ2) is 5.78. The predicted octanol–water partition coefficient (Wildman–Crippen LogP) is 4.02. The number of anilines is 1. The van der Waals surface area contributed by atoms with E-state index in [0.717, 1.165) is 24.1 Å². The number of rotatable bonds is 4. The van der Waals surface area contributed by atoms with Crippen molar-refractivity contribution in [3.05, 3.63) is 59.7 Å². The standard InChI is InChI=1S/C18H16F2N2O2/c19-18(20)24-13-9-5-11(6-10-13)16-21-15-4-2-1-3-14(15)17(23)22(16)12-7-8-12/h1-6,9-10,12,16,18,21H,7-8H2. The molecule has 1 heterocycles. The molecule has 1 fully saturated rings. The quantitative estimate of drug-likeness (QED) is 0.921. The smallest absolute Gasteiger partial charge is 0.387 e. The molecule has 124 valence electrons. The number of carbonyl (C=O) groups is 1. The maximum Gasteiger partial charge on any atom is 0.387 e. The van der Waals surface area contributed by atoms with Gasteiger partial charge in [0.1, 0.15) is 11.9 Å². The van der Waals surface area contributed by atoms with Gasteiger partial charge in [-0.15, -0.1) is 0 Å². The fourth-order valence-corrected chi connectivity index (χ4v) is 3.07. The summed E-state index contributed by atoms with van der Waals surface area (Å²) in [6.07, 6.45) is 1.66. The highest BCUT2D eigenvalue weighted by molar-refractivity contribution is 6.02. The van der Waals surface area contributed by atoms with Crippen LogP contribution in [-0.2, 0) is 0 Å². The number of halogens is 2. The first-order chi connectivity index (χ1) is 11.6. The first kappa shape index (κ1) is 14.9. The third kappa shape index (κ3) is 2.68. The lowest BCUT2D eigenvalue weighted by atomic mass is 10.0. The molecular formula is C18H16F2N2O2. The number of amides is 1. The molecular weight excluding hydrogens is 314 g/mol. The van der Waals surface area contributed by atoms with E-state index in [9.17, 15) is 13.6 Å².